The molecule has 7 heteroatoms. The number of nitrogens with zero attached hydrogens (tertiary/aromatic N) is 2. The van der Waals surface area contributed by atoms with Crippen LogP contribution in [-0.4, -0.2) is 15.3 Å². The van der Waals surface area contributed by atoms with Gasteiger partial charge in [-0.25, -0.2) is 4.98 Å². The molecule has 2 heterocycles. The van der Waals surface area contributed by atoms with E-state index in [1.54, 1.807) is 25.1 Å². The molecule has 0 spiro atoms. The number of rotatable bonds is 3. The first-order valence-electron chi connectivity index (χ1n) is 6.98. The average Bonchev–Trinajstić information content (AvgIpc) is 2.87. The topological polar surface area (TPSA) is 63.5 Å². The van der Waals surface area contributed by atoms with Gasteiger partial charge in [-0.3, -0.25) is 14.0 Å². The van der Waals surface area contributed by atoms with Crippen LogP contribution < -0.4 is 10.9 Å². The van der Waals surface area contributed by atoms with Gasteiger partial charge in [0.1, 0.15) is 5.69 Å². The molecule has 0 fully saturated rings. The second-order valence-electron chi connectivity index (χ2n) is 5.19. The van der Waals surface area contributed by atoms with Crippen LogP contribution in [0.25, 0.3) is 4.96 Å². The van der Waals surface area contributed by atoms with E-state index >= 15 is 0 Å². The van der Waals surface area contributed by atoms with Gasteiger partial charge in [0.25, 0.3) is 5.56 Å². The SMILES string of the molecule is Cc1nc2scc(C)n2c(=O)c1NC(=O)Cc1ccccc1Cl. The Morgan fingerprint density at radius 3 is 2.83 bits per heavy atom. The smallest absolute Gasteiger partial charge is 0.282 e. The molecule has 3 rings (SSSR count). The van der Waals surface area contributed by atoms with Gasteiger partial charge in [-0.15, -0.1) is 11.3 Å². The molecule has 5 nitrogen and oxygen atoms in total. The van der Waals surface area contributed by atoms with Crippen molar-refractivity contribution in [1.82, 2.24) is 9.38 Å². The summed E-state index contributed by atoms with van der Waals surface area (Å²) in [5, 5.41) is 5.06. The Balaban J connectivity index is 1.92. The third-order valence-electron chi connectivity index (χ3n) is 3.49. The number of nitrogens with one attached hydrogen (secondary N) is 1. The number of carbonyl (C=O) groups excluding carboxylic acids is 1. The van der Waals surface area contributed by atoms with Crippen LogP contribution in [0.4, 0.5) is 5.69 Å². The number of aryl methyl sites for hydroxylation is 2. The maximum Gasteiger partial charge on any atom is 0.282 e. The van der Waals surface area contributed by atoms with Gasteiger partial charge in [-0.05, 0) is 25.5 Å². The van der Waals surface area contributed by atoms with Crippen LogP contribution in [0.2, 0.25) is 5.02 Å². The van der Waals surface area contributed by atoms with Crippen LogP contribution in [0.3, 0.4) is 0 Å². The normalized spacial score (nSPS) is 10.9. The lowest BCUT2D eigenvalue weighted by Gasteiger charge is -2.09. The summed E-state index contributed by atoms with van der Waals surface area (Å²) in [6, 6.07) is 7.13. The highest BCUT2D eigenvalue weighted by Crippen LogP contribution is 2.18. The molecule has 1 N–H and O–H groups in total. The summed E-state index contributed by atoms with van der Waals surface area (Å²) in [6.07, 6.45) is 0.101. The van der Waals surface area contributed by atoms with Crippen molar-refractivity contribution in [2.75, 3.05) is 5.32 Å². The zero-order valence-corrected chi connectivity index (χ0v) is 14.2. The minimum atomic E-state index is -0.298. The third-order valence-corrected chi connectivity index (χ3v) is 4.81. The average molecular weight is 348 g/mol. The lowest BCUT2D eigenvalue weighted by Crippen LogP contribution is -2.25. The number of fused-ring (bicyclic) bond motifs is 1. The van der Waals surface area contributed by atoms with Gasteiger partial charge in [-0.1, -0.05) is 29.8 Å². The summed E-state index contributed by atoms with van der Waals surface area (Å²) in [4.78, 5) is 29.8. The van der Waals surface area contributed by atoms with Crippen molar-refractivity contribution in [3.8, 4) is 0 Å². The molecule has 0 aliphatic heterocycles. The lowest BCUT2D eigenvalue weighted by molar-refractivity contribution is -0.115. The Morgan fingerprint density at radius 1 is 1.35 bits per heavy atom. The maximum absolute atomic E-state index is 12.6. The van der Waals surface area contributed by atoms with E-state index in [9.17, 15) is 9.59 Å². The van der Waals surface area contributed by atoms with Crippen molar-refractivity contribution >= 4 is 39.5 Å². The molecule has 0 saturated carbocycles. The van der Waals surface area contributed by atoms with Crippen LogP contribution in [0.1, 0.15) is 17.0 Å². The fourth-order valence-corrected chi connectivity index (χ4v) is 3.43. The predicted molar refractivity (Wildman–Crippen MR) is 92.6 cm³/mol. The molecule has 2 aromatic heterocycles. The van der Waals surface area contributed by atoms with Crippen LogP contribution in [0.15, 0.2) is 34.4 Å². The summed E-state index contributed by atoms with van der Waals surface area (Å²) in [5.41, 5.74) is 1.96. The second kappa shape index (κ2) is 6.14. The molecule has 3 aromatic rings. The number of anilines is 1. The summed E-state index contributed by atoms with van der Waals surface area (Å²) in [7, 11) is 0. The van der Waals surface area contributed by atoms with Crippen LogP contribution in [-0.2, 0) is 11.2 Å². The Labute approximate surface area is 141 Å². The zero-order chi connectivity index (χ0) is 16.6. The first kappa shape index (κ1) is 15.7. The number of benzene rings is 1. The second-order valence-corrected chi connectivity index (χ2v) is 6.43. The quantitative estimate of drug-likeness (QED) is 0.791. The Kier molecular flexibility index (Phi) is 4.19. The van der Waals surface area contributed by atoms with E-state index in [-0.39, 0.29) is 23.6 Å². The first-order valence-corrected chi connectivity index (χ1v) is 8.24. The van der Waals surface area contributed by atoms with Crippen molar-refractivity contribution in [2.45, 2.75) is 20.3 Å². The van der Waals surface area contributed by atoms with Crippen LogP contribution in [0.5, 0.6) is 0 Å². The van der Waals surface area contributed by atoms with Gasteiger partial charge in [0.05, 0.1) is 12.1 Å². The van der Waals surface area contributed by atoms with Crippen molar-refractivity contribution in [3.05, 3.63) is 62.0 Å². The van der Waals surface area contributed by atoms with E-state index in [4.69, 9.17) is 11.6 Å². The van der Waals surface area contributed by atoms with E-state index in [0.29, 0.717) is 21.2 Å². The fourth-order valence-electron chi connectivity index (χ4n) is 2.33. The highest BCUT2D eigenvalue weighted by Gasteiger charge is 2.15. The number of halogens is 1. The summed E-state index contributed by atoms with van der Waals surface area (Å²) in [6.45, 7) is 3.54. The minimum Gasteiger partial charge on any atom is -0.320 e. The van der Waals surface area contributed by atoms with Crippen molar-refractivity contribution in [1.29, 1.82) is 0 Å². The van der Waals surface area contributed by atoms with Gasteiger partial charge in [0.2, 0.25) is 5.91 Å². The third kappa shape index (κ3) is 3.00. The number of hydrogen-bond acceptors (Lipinski definition) is 4. The van der Waals surface area contributed by atoms with Gasteiger partial charge in [0, 0.05) is 16.1 Å². The number of aromatic nitrogens is 2. The molecule has 1 aromatic carbocycles. The number of hydrogen-bond donors (Lipinski definition) is 1. The summed E-state index contributed by atoms with van der Waals surface area (Å²) in [5.74, 6) is -0.298. The highest BCUT2D eigenvalue weighted by atomic mass is 35.5. The van der Waals surface area contributed by atoms with E-state index in [0.717, 1.165) is 5.69 Å². The van der Waals surface area contributed by atoms with E-state index in [2.05, 4.69) is 10.3 Å². The molecule has 0 saturated heterocycles. The van der Waals surface area contributed by atoms with E-state index in [1.807, 2.05) is 18.4 Å². The van der Waals surface area contributed by atoms with Crippen molar-refractivity contribution < 1.29 is 4.79 Å². The molecule has 0 aliphatic rings. The van der Waals surface area contributed by atoms with Crippen molar-refractivity contribution in [2.24, 2.45) is 0 Å². The van der Waals surface area contributed by atoms with Crippen molar-refractivity contribution in [3.63, 3.8) is 0 Å². The number of amides is 1. The fraction of sp³-hybridized carbons (Fsp3) is 0.188. The number of carbonyl (C=O) groups is 1. The Morgan fingerprint density at radius 2 is 2.09 bits per heavy atom. The molecular formula is C16H14ClN3O2S. The van der Waals surface area contributed by atoms with Crippen LogP contribution >= 0.6 is 22.9 Å². The Hall–Kier alpha value is -2.18. The molecular weight excluding hydrogens is 334 g/mol. The molecule has 23 heavy (non-hydrogen) atoms. The Bertz CT molecular complexity index is 962. The molecule has 0 aliphatic carbocycles. The number of thiazole rings is 1. The lowest BCUT2D eigenvalue weighted by atomic mass is 10.1. The summed E-state index contributed by atoms with van der Waals surface area (Å²) >= 11 is 7.46. The maximum atomic E-state index is 12.6. The summed E-state index contributed by atoms with van der Waals surface area (Å²) < 4.78 is 1.50. The largest absolute Gasteiger partial charge is 0.320 e. The van der Waals surface area contributed by atoms with Gasteiger partial charge >= 0.3 is 0 Å². The zero-order valence-electron chi connectivity index (χ0n) is 12.6. The molecule has 0 atom stereocenters. The highest BCUT2D eigenvalue weighted by molar-refractivity contribution is 7.15. The predicted octanol–water partition coefficient (Wildman–Crippen LogP) is 3.21. The molecule has 118 valence electrons. The van der Waals surface area contributed by atoms with Gasteiger partial charge < -0.3 is 5.32 Å². The first-order chi connectivity index (χ1) is 11.0. The van der Waals surface area contributed by atoms with Crippen LogP contribution in [0, 0.1) is 13.8 Å². The molecule has 1 amide bonds. The minimum absolute atomic E-state index is 0.101. The molecule has 0 unspecified atom stereocenters. The monoisotopic (exact) mass is 347 g/mol. The van der Waals surface area contributed by atoms with Gasteiger partial charge in [-0.2, -0.15) is 0 Å². The van der Waals surface area contributed by atoms with E-state index < -0.39 is 0 Å². The molecule has 0 bridgehead atoms. The van der Waals surface area contributed by atoms with Gasteiger partial charge in [0.15, 0.2) is 4.96 Å². The molecule has 0 radical (unpaired) electrons. The standard InChI is InChI=1S/C16H14ClN3O2S/c1-9-8-23-16-18-10(2)14(15(22)20(9)16)19-13(21)7-11-5-3-4-6-12(11)17/h3-6,8H,7H2,1-2H3,(H,19,21). The van der Waals surface area contributed by atoms with E-state index in [1.165, 1.54) is 15.7 Å².